The van der Waals surface area contributed by atoms with Crippen LogP contribution in [0.1, 0.15) is 27.2 Å². The summed E-state index contributed by atoms with van der Waals surface area (Å²) < 4.78 is 14.7. The molecule has 1 heterocycles. The van der Waals surface area contributed by atoms with Crippen molar-refractivity contribution in [2.45, 2.75) is 39.1 Å². The summed E-state index contributed by atoms with van der Waals surface area (Å²) >= 11 is 0. The summed E-state index contributed by atoms with van der Waals surface area (Å²) in [5.41, 5.74) is 0. The minimum atomic E-state index is -1.22. The number of esters is 2. The van der Waals surface area contributed by atoms with Gasteiger partial charge in [0.25, 0.3) is 11.9 Å². The van der Waals surface area contributed by atoms with Crippen LogP contribution >= 0.6 is 0 Å². The summed E-state index contributed by atoms with van der Waals surface area (Å²) in [6.07, 6.45) is -0.497. The molecule has 0 aromatic rings. The van der Waals surface area contributed by atoms with Gasteiger partial charge in [0.1, 0.15) is 0 Å². The lowest BCUT2D eigenvalue weighted by Crippen LogP contribution is -2.50. The molecule has 1 aliphatic heterocycles. The lowest BCUT2D eigenvalue weighted by Gasteiger charge is -2.32. The van der Waals surface area contributed by atoms with Crippen molar-refractivity contribution < 1.29 is 23.8 Å². The summed E-state index contributed by atoms with van der Waals surface area (Å²) in [7, 11) is 0. The second-order valence-electron chi connectivity index (χ2n) is 3.49. The van der Waals surface area contributed by atoms with Gasteiger partial charge in [-0.3, -0.25) is 0 Å². The molecule has 1 aliphatic rings. The highest BCUT2D eigenvalue weighted by Gasteiger charge is 2.43. The molecule has 14 heavy (non-hydrogen) atoms. The van der Waals surface area contributed by atoms with Gasteiger partial charge in [0.15, 0.2) is 0 Å². The first-order valence-corrected chi connectivity index (χ1v) is 4.53. The predicted octanol–water partition coefficient (Wildman–Crippen LogP) is 0.618. The standard InChI is InChI=1S/C9H14O5/c1-4-5-12-6-7(10)13-9(2,3)14-8(6)11/h6H,4-5H2,1-3H3. The van der Waals surface area contributed by atoms with Crippen LogP contribution in [0.5, 0.6) is 0 Å². The van der Waals surface area contributed by atoms with Gasteiger partial charge in [-0.25, -0.2) is 9.59 Å². The highest BCUT2D eigenvalue weighted by atomic mass is 16.8. The SMILES string of the molecule is CCCOC1C(=O)OC(C)(C)OC1=O. The van der Waals surface area contributed by atoms with Gasteiger partial charge in [0.2, 0.25) is 0 Å². The van der Waals surface area contributed by atoms with Crippen molar-refractivity contribution in [1.29, 1.82) is 0 Å². The number of rotatable bonds is 3. The van der Waals surface area contributed by atoms with Crippen LogP contribution in [0.4, 0.5) is 0 Å². The third kappa shape index (κ3) is 2.45. The van der Waals surface area contributed by atoms with Gasteiger partial charge in [-0.1, -0.05) is 6.92 Å². The van der Waals surface area contributed by atoms with E-state index in [-0.39, 0.29) is 0 Å². The average molecular weight is 202 g/mol. The molecular formula is C9H14O5. The largest absolute Gasteiger partial charge is 0.421 e. The van der Waals surface area contributed by atoms with E-state index in [4.69, 9.17) is 14.2 Å². The van der Waals surface area contributed by atoms with E-state index in [1.165, 1.54) is 13.8 Å². The zero-order chi connectivity index (χ0) is 10.8. The summed E-state index contributed by atoms with van der Waals surface area (Å²) in [5.74, 6) is -2.54. The Labute approximate surface area is 82.3 Å². The first-order chi connectivity index (χ1) is 6.46. The van der Waals surface area contributed by atoms with Crippen molar-refractivity contribution in [3.8, 4) is 0 Å². The van der Waals surface area contributed by atoms with Gasteiger partial charge >= 0.3 is 11.9 Å². The maximum atomic E-state index is 11.3. The van der Waals surface area contributed by atoms with Crippen LogP contribution in [0.3, 0.4) is 0 Å². The molecule has 1 fully saturated rings. The molecule has 0 aliphatic carbocycles. The van der Waals surface area contributed by atoms with Gasteiger partial charge in [-0.15, -0.1) is 0 Å². The van der Waals surface area contributed by atoms with E-state index in [1.807, 2.05) is 6.92 Å². The zero-order valence-electron chi connectivity index (χ0n) is 8.53. The van der Waals surface area contributed by atoms with Crippen LogP contribution in [0.25, 0.3) is 0 Å². The van der Waals surface area contributed by atoms with Gasteiger partial charge in [0.05, 0.1) is 0 Å². The monoisotopic (exact) mass is 202 g/mol. The van der Waals surface area contributed by atoms with E-state index in [1.54, 1.807) is 0 Å². The molecule has 0 saturated carbocycles. The molecule has 0 aromatic heterocycles. The predicted molar refractivity (Wildman–Crippen MR) is 46.3 cm³/mol. The van der Waals surface area contributed by atoms with E-state index in [0.29, 0.717) is 6.61 Å². The van der Waals surface area contributed by atoms with Crippen molar-refractivity contribution in [3.63, 3.8) is 0 Å². The van der Waals surface area contributed by atoms with Crippen molar-refractivity contribution in [1.82, 2.24) is 0 Å². The molecule has 1 rings (SSSR count). The molecule has 5 nitrogen and oxygen atoms in total. The normalized spacial score (nSPS) is 21.6. The highest BCUT2D eigenvalue weighted by Crippen LogP contribution is 2.20. The molecule has 80 valence electrons. The molecule has 0 amide bonds. The van der Waals surface area contributed by atoms with Crippen molar-refractivity contribution in [3.05, 3.63) is 0 Å². The fraction of sp³-hybridized carbons (Fsp3) is 0.778. The van der Waals surface area contributed by atoms with Crippen LogP contribution in [-0.2, 0) is 23.8 Å². The van der Waals surface area contributed by atoms with Crippen molar-refractivity contribution >= 4 is 11.9 Å². The fourth-order valence-electron chi connectivity index (χ4n) is 1.08. The molecular weight excluding hydrogens is 188 g/mol. The molecule has 5 heteroatoms. The minimum absolute atomic E-state index is 0.329. The van der Waals surface area contributed by atoms with Crippen LogP contribution in [0.15, 0.2) is 0 Å². The topological polar surface area (TPSA) is 61.8 Å². The second-order valence-corrected chi connectivity index (χ2v) is 3.49. The van der Waals surface area contributed by atoms with Crippen LogP contribution in [-0.4, -0.2) is 30.4 Å². The van der Waals surface area contributed by atoms with Crippen LogP contribution in [0, 0.1) is 0 Å². The first kappa shape index (κ1) is 11.0. The second kappa shape index (κ2) is 3.96. The van der Waals surface area contributed by atoms with Gasteiger partial charge in [-0.05, 0) is 6.42 Å². The third-order valence-electron chi connectivity index (χ3n) is 1.61. The number of carbonyl (C=O) groups excluding carboxylic acids is 2. The molecule has 0 N–H and O–H groups in total. The van der Waals surface area contributed by atoms with Crippen molar-refractivity contribution in [2.24, 2.45) is 0 Å². The zero-order valence-corrected chi connectivity index (χ0v) is 8.53. The molecule has 1 saturated heterocycles. The lowest BCUT2D eigenvalue weighted by atomic mass is 10.2. The lowest BCUT2D eigenvalue weighted by molar-refractivity contribution is -0.249. The van der Waals surface area contributed by atoms with E-state index >= 15 is 0 Å². The number of hydrogen-bond donors (Lipinski definition) is 0. The number of hydrogen-bond acceptors (Lipinski definition) is 5. The highest BCUT2D eigenvalue weighted by molar-refractivity contribution is 5.99. The molecule has 0 aromatic carbocycles. The Bertz CT molecular complexity index is 226. The Hall–Kier alpha value is -1.10. The van der Waals surface area contributed by atoms with E-state index in [0.717, 1.165) is 6.42 Å². The van der Waals surface area contributed by atoms with E-state index in [2.05, 4.69) is 0 Å². The maximum absolute atomic E-state index is 11.3. The van der Waals surface area contributed by atoms with Gasteiger partial charge in [-0.2, -0.15) is 0 Å². The maximum Gasteiger partial charge on any atom is 0.350 e. The van der Waals surface area contributed by atoms with Crippen molar-refractivity contribution in [2.75, 3.05) is 6.61 Å². The summed E-state index contributed by atoms with van der Waals surface area (Å²) in [5, 5.41) is 0. The molecule has 0 spiro atoms. The number of ether oxygens (including phenoxy) is 3. The van der Waals surface area contributed by atoms with Crippen LogP contribution < -0.4 is 0 Å². The quantitative estimate of drug-likeness (QED) is 0.496. The van der Waals surface area contributed by atoms with E-state index < -0.39 is 23.8 Å². The Kier molecular flexibility index (Phi) is 3.10. The summed E-state index contributed by atoms with van der Waals surface area (Å²) in [4.78, 5) is 22.6. The van der Waals surface area contributed by atoms with Gasteiger partial charge < -0.3 is 14.2 Å². The Morgan fingerprint density at radius 2 is 1.79 bits per heavy atom. The smallest absolute Gasteiger partial charge is 0.350 e. The number of cyclic esters (lactones) is 2. The van der Waals surface area contributed by atoms with Gasteiger partial charge in [0, 0.05) is 20.5 Å². The fourth-order valence-corrected chi connectivity index (χ4v) is 1.08. The summed E-state index contributed by atoms with van der Waals surface area (Å²) in [6.45, 7) is 5.20. The average Bonchev–Trinajstić information content (AvgIpc) is 2.00. The molecule has 0 atom stereocenters. The minimum Gasteiger partial charge on any atom is -0.421 e. The Balaban J connectivity index is 2.62. The van der Waals surface area contributed by atoms with Crippen LogP contribution in [0.2, 0.25) is 0 Å². The Morgan fingerprint density at radius 3 is 2.21 bits per heavy atom. The molecule has 0 unspecified atom stereocenters. The summed E-state index contributed by atoms with van der Waals surface area (Å²) in [6, 6.07) is 0. The molecule has 0 radical (unpaired) electrons. The van der Waals surface area contributed by atoms with E-state index in [9.17, 15) is 9.59 Å². The first-order valence-electron chi connectivity index (χ1n) is 4.53. The number of carbonyl (C=O) groups is 2. The Morgan fingerprint density at radius 1 is 1.29 bits per heavy atom. The third-order valence-corrected chi connectivity index (χ3v) is 1.61. The molecule has 0 bridgehead atoms.